The van der Waals surface area contributed by atoms with Crippen molar-refractivity contribution in [2.75, 3.05) is 0 Å². The molecule has 6 aliphatic carbocycles. The van der Waals surface area contributed by atoms with Crippen LogP contribution in [0.5, 0.6) is 0 Å². The summed E-state index contributed by atoms with van der Waals surface area (Å²) in [6.07, 6.45) is 16.4. The van der Waals surface area contributed by atoms with E-state index in [0.717, 1.165) is 54.3 Å². The van der Waals surface area contributed by atoms with Crippen molar-refractivity contribution in [2.24, 2.45) is 52.3 Å². The Hall–Kier alpha value is -0.810. The molecule has 0 aliphatic heterocycles. The Labute approximate surface area is 164 Å². The van der Waals surface area contributed by atoms with Crippen molar-refractivity contribution in [3.63, 3.8) is 0 Å². The molecule has 7 unspecified atom stereocenters. The minimum absolute atomic E-state index is 0.0327. The van der Waals surface area contributed by atoms with Gasteiger partial charge in [0.2, 0.25) is 0 Å². The SMILES string of the molecule is C[C@]12CC[C@@H](O)C[C@@H]1CCC1C3CCC4/C(=C/C#N)CCC5C(CCC12)C435. The molecule has 6 rings (SSSR count). The van der Waals surface area contributed by atoms with E-state index in [1.807, 2.05) is 6.08 Å². The van der Waals surface area contributed by atoms with Gasteiger partial charge in [0.1, 0.15) is 0 Å². The van der Waals surface area contributed by atoms with Gasteiger partial charge in [0.05, 0.1) is 12.2 Å². The predicted molar refractivity (Wildman–Crippen MR) is 105 cm³/mol. The van der Waals surface area contributed by atoms with Gasteiger partial charge in [-0.2, -0.15) is 5.26 Å². The second-order valence-corrected chi connectivity index (χ2v) is 11.4. The first-order chi connectivity index (χ1) is 13.1. The Morgan fingerprint density at radius 3 is 2.59 bits per heavy atom. The van der Waals surface area contributed by atoms with Gasteiger partial charge in [0.25, 0.3) is 0 Å². The summed E-state index contributed by atoms with van der Waals surface area (Å²) >= 11 is 0. The Bertz CT molecular complexity index is 720. The zero-order valence-corrected chi connectivity index (χ0v) is 16.9. The second kappa shape index (κ2) is 5.63. The van der Waals surface area contributed by atoms with Crippen molar-refractivity contribution in [1.82, 2.24) is 0 Å². The molecule has 27 heavy (non-hydrogen) atoms. The van der Waals surface area contributed by atoms with E-state index in [9.17, 15) is 10.4 Å². The summed E-state index contributed by atoms with van der Waals surface area (Å²) in [5.41, 5.74) is 2.62. The maximum Gasteiger partial charge on any atom is 0.0911 e. The molecule has 0 radical (unpaired) electrons. The highest BCUT2D eigenvalue weighted by atomic mass is 16.3. The molecule has 6 saturated carbocycles. The zero-order valence-electron chi connectivity index (χ0n) is 16.9. The van der Waals surface area contributed by atoms with E-state index >= 15 is 0 Å². The third kappa shape index (κ3) is 2.01. The number of allylic oxidation sites excluding steroid dienone is 2. The molecule has 2 nitrogen and oxygen atoms in total. The molecule has 2 heteroatoms. The Balaban J connectivity index is 1.36. The number of nitrogens with zero attached hydrogens (tertiary/aromatic N) is 1. The molecule has 0 aromatic heterocycles. The first-order valence-electron chi connectivity index (χ1n) is 11.9. The molecule has 0 aromatic carbocycles. The molecule has 0 saturated heterocycles. The average Bonchev–Trinajstić information content (AvgIpc) is 3.17. The molecule has 146 valence electrons. The maximum absolute atomic E-state index is 10.3. The molecule has 0 amide bonds. The molecule has 1 spiro atoms. The molecule has 6 aliphatic rings. The summed E-state index contributed by atoms with van der Waals surface area (Å²) < 4.78 is 0. The molecule has 10 atom stereocenters. The van der Waals surface area contributed by atoms with Crippen molar-refractivity contribution in [2.45, 2.75) is 83.7 Å². The summed E-state index contributed by atoms with van der Waals surface area (Å²) in [5, 5.41) is 19.6. The van der Waals surface area contributed by atoms with E-state index in [4.69, 9.17) is 0 Å². The van der Waals surface area contributed by atoms with E-state index in [0.29, 0.717) is 10.8 Å². The van der Waals surface area contributed by atoms with Crippen LogP contribution in [0.3, 0.4) is 0 Å². The van der Waals surface area contributed by atoms with Crippen molar-refractivity contribution in [1.29, 1.82) is 5.26 Å². The summed E-state index contributed by atoms with van der Waals surface area (Å²) in [4.78, 5) is 0. The molecule has 0 aromatic rings. The fraction of sp³-hybridized carbons (Fsp3) is 0.880. The van der Waals surface area contributed by atoms with Crippen molar-refractivity contribution >= 4 is 0 Å². The molecular formula is C25H35NO. The van der Waals surface area contributed by atoms with Gasteiger partial charge in [-0.15, -0.1) is 0 Å². The lowest BCUT2D eigenvalue weighted by Crippen LogP contribution is -2.50. The van der Waals surface area contributed by atoms with Crippen LogP contribution in [-0.2, 0) is 0 Å². The molecule has 1 N–H and O–H groups in total. The maximum atomic E-state index is 10.3. The Morgan fingerprint density at radius 2 is 1.74 bits per heavy atom. The van der Waals surface area contributed by atoms with Gasteiger partial charge in [0, 0.05) is 6.08 Å². The summed E-state index contributed by atoms with van der Waals surface area (Å²) in [5.74, 6) is 6.26. The molecule has 6 fully saturated rings. The highest BCUT2D eigenvalue weighted by Gasteiger charge is 2.76. The first-order valence-corrected chi connectivity index (χ1v) is 11.9. The van der Waals surface area contributed by atoms with Gasteiger partial charge < -0.3 is 5.11 Å². The van der Waals surface area contributed by atoms with Gasteiger partial charge in [0.15, 0.2) is 0 Å². The summed E-state index contributed by atoms with van der Waals surface area (Å²) in [7, 11) is 0. The number of aliphatic hydroxyl groups is 1. The van der Waals surface area contributed by atoms with Crippen LogP contribution in [-0.4, -0.2) is 11.2 Å². The standard InChI is InChI=1S/C25H35NO/c1-24-12-10-17(27)14-16(24)3-4-18-20(24)7-9-23-22-5-2-15(11-13-26)19-6-8-21(18)25(19,22)23/h11,16-23,27H,2-10,12,14H2,1H3/b15-11+/t16-,17+,18?,19?,20?,21?,22?,23?,24-,25?/m0/s1. The van der Waals surface area contributed by atoms with Gasteiger partial charge in [-0.1, -0.05) is 12.5 Å². The predicted octanol–water partition coefficient (Wildman–Crippen LogP) is 5.48. The smallest absolute Gasteiger partial charge is 0.0911 e. The lowest BCUT2D eigenvalue weighted by Gasteiger charge is -2.56. The fourth-order valence-electron chi connectivity index (χ4n) is 10.3. The van der Waals surface area contributed by atoms with Crippen LogP contribution < -0.4 is 0 Å². The van der Waals surface area contributed by atoms with Crippen LogP contribution >= 0.6 is 0 Å². The minimum atomic E-state index is -0.0327. The first kappa shape index (κ1) is 17.1. The number of rotatable bonds is 0. The van der Waals surface area contributed by atoms with E-state index in [1.54, 1.807) is 0 Å². The van der Waals surface area contributed by atoms with Crippen molar-refractivity contribution in [3.05, 3.63) is 11.6 Å². The van der Waals surface area contributed by atoms with Gasteiger partial charge >= 0.3 is 0 Å². The van der Waals surface area contributed by atoms with Crippen LogP contribution in [0.15, 0.2) is 11.6 Å². The van der Waals surface area contributed by atoms with Gasteiger partial charge in [-0.3, -0.25) is 0 Å². The van der Waals surface area contributed by atoms with Crippen LogP contribution in [0, 0.1) is 63.6 Å². The Kier molecular flexibility index (Phi) is 3.56. The van der Waals surface area contributed by atoms with Crippen LogP contribution in [0.4, 0.5) is 0 Å². The third-order valence-corrected chi connectivity index (χ3v) is 11.1. The Morgan fingerprint density at radius 1 is 0.963 bits per heavy atom. The van der Waals surface area contributed by atoms with Crippen molar-refractivity contribution < 1.29 is 5.11 Å². The average molecular weight is 366 g/mol. The molecule has 0 bridgehead atoms. The van der Waals surface area contributed by atoms with Gasteiger partial charge in [-0.25, -0.2) is 0 Å². The number of aliphatic hydroxyl groups excluding tert-OH is 1. The zero-order chi connectivity index (χ0) is 18.4. The highest BCUT2D eigenvalue weighted by Crippen LogP contribution is 2.82. The molecular weight excluding hydrogens is 330 g/mol. The normalized spacial score (nSPS) is 59.7. The van der Waals surface area contributed by atoms with Crippen LogP contribution in [0.2, 0.25) is 0 Å². The summed E-state index contributed by atoms with van der Waals surface area (Å²) in [6, 6.07) is 2.39. The number of hydrogen-bond donors (Lipinski definition) is 1. The monoisotopic (exact) mass is 365 g/mol. The van der Waals surface area contributed by atoms with E-state index in [2.05, 4.69) is 13.0 Å². The van der Waals surface area contributed by atoms with Crippen LogP contribution in [0.1, 0.15) is 77.6 Å². The lowest BCUT2D eigenvalue weighted by molar-refractivity contribution is -0.0900. The van der Waals surface area contributed by atoms with Crippen LogP contribution in [0.25, 0.3) is 0 Å². The second-order valence-electron chi connectivity index (χ2n) is 11.4. The minimum Gasteiger partial charge on any atom is -0.393 e. The van der Waals surface area contributed by atoms with E-state index in [-0.39, 0.29) is 6.10 Å². The molecule has 0 heterocycles. The third-order valence-electron chi connectivity index (χ3n) is 11.1. The lowest BCUT2D eigenvalue weighted by atomic mass is 9.49. The number of nitriles is 1. The van der Waals surface area contributed by atoms with Gasteiger partial charge in [-0.05, 0) is 123 Å². The number of hydrogen-bond acceptors (Lipinski definition) is 2. The quantitative estimate of drug-likeness (QED) is 0.578. The van der Waals surface area contributed by atoms with E-state index in [1.165, 1.54) is 63.4 Å². The van der Waals surface area contributed by atoms with E-state index < -0.39 is 0 Å². The topological polar surface area (TPSA) is 44.0 Å². The summed E-state index contributed by atoms with van der Waals surface area (Å²) in [6.45, 7) is 2.61. The number of fused-ring (bicyclic) bond motifs is 5. The largest absolute Gasteiger partial charge is 0.393 e. The fourth-order valence-corrected chi connectivity index (χ4v) is 10.3. The highest BCUT2D eigenvalue weighted by molar-refractivity contribution is 5.34. The van der Waals surface area contributed by atoms with Crippen molar-refractivity contribution in [3.8, 4) is 6.07 Å².